The SMILES string of the molecule is CC(O)c1cc2c(cc1C(C)(F)F)OCCO2. The first kappa shape index (κ1) is 12.1. The summed E-state index contributed by atoms with van der Waals surface area (Å²) in [5, 5.41) is 9.54. The molecule has 0 saturated carbocycles. The Balaban J connectivity index is 2.56. The average Bonchev–Trinajstić information content (AvgIpc) is 2.26. The first-order chi connectivity index (χ1) is 7.89. The first-order valence-corrected chi connectivity index (χ1v) is 5.39. The quantitative estimate of drug-likeness (QED) is 0.869. The standard InChI is InChI=1S/C12H14F2O3/c1-7(15)8-5-10-11(17-4-3-16-10)6-9(8)12(2,13)14/h5-7,15H,3-4H2,1-2H3. The molecule has 1 aliphatic heterocycles. The number of fused-ring (bicyclic) bond motifs is 1. The van der Waals surface area contributed by atoms with Crippen molar-refractivity contribution in [3.63, 3.8) is 0 Å². The van der Waals surface area contributed by atoms with Gasteiger partial charge in [0, 0.05) is 12.5 Å². The second-order valence-corrected chi connectivity index (χ2v) is 4.15. The zero-order valence-electron chi connectivity index (χ0n) is 9.67. The lowest BCUT2D eigenvalue weighted by molar-refractivity contribution is 0.0134. The normalized spacial score (nSPS) is 16.8. The molecule has 1 aromatic carbocycles. The molecule has 0 amide bonds. The monoisotopic (exact) mass is 244 g/mol. The van der Waals surface area contributed by atoms with Gasteiger partial charge in [-0.05, 0) is 24.6 Å². The summed E-state index contributed by atoms with van der Waals surface area (Å²) in [5.74, 6) is -2.32. The molecule has 0 radical (unpaired) electrons. The molecule has 1 atom stereocenters. The summed E-state index contributed by atoms with van der Waals surface area (Å²) in [7, 11) is 0. The minimum atomic E-state index is -3.03. The minimum Gasteiger partial charge on any atom is -0.486 e. The van der Waals surface area contributed by atoms with E-state index in [1.54, 1.807) is 0 Å². The van der Waals surface area contributed by atoms with E-state index < -0.39 is 12.0 Å². The summed E-state index contributed by atoms with van der Waals surface area (Å²) in [6.07, 6.45) is -0.980. The van der Waals surface area contributed by atoms with Crippen molar-refractivity contribution in [2.45, 2.75) is 25.9 Å². The summed E-state index contributed by atoms with van der Waals surface area (Å²) in [6.45, 7) is 2.97. The van der Waals surface area contributed by atoms with Crippen molar-refractivity contribution in [1.29, 1.82) is 0 Å². The molecule has 17 heavy (non-hydrogen) atoms. The zero-order chi connectivity index (χ0) is 12.6. The van der Waals surface area contributed by atoms with Crippen molar-refractivity contribution in [1.82, 2.24) is 0 Å². The van der Waals surface area contributed by atoms with Crippen molar-refractivity contribution in [3.05, 3.63) is 23.3 Å². The van der Waals surface area contributed by atoms with Gasteiger partial charge in [-0.1, -0.05) is 0 Å². The number of aliphatic hydroxyl groups is 1. The topological polar surface area (TPSA) is 38.7 Å². The Morgan fingerprint density at radius 1 is 1.24 bits per heavy atom. The molecular formula is C12H14F2O3. The number of aliphatic hydroxyl groups excluding tert-OH is 1. The van der Waals surface area contributed by atoms with Crippen LogP contribution in [0.1, 0.15) is 31.1 Å². The van der Waals surface area contributed by atoms with Gasteiger partial charge in [-0.15, -0.1) is 0 Å². The van der Waals surface area contributed by atoms with Gasteiger partial charge in [0.2, 0.25) is 0 Å². The van der Waals surface area contributed by atoms with Crippen LogP contribution in [0.25, 0.3) is 0 Å². The van der Waals surface area contributed by atoms with Crippen LogP contribution in [-0.4, -0.2) is 18.3 Å². The molecule has 94 valence electrons. The van der Waals surface area contributed by atoms with E-state index in [1.807, 2.05) is 0 Å². The Kier molecular flexibility index (Phi) is 2.95. The van der Waals surface area contributed by atoms with Crippen LogP contribution in [-0.2, 0) is 5.92 Å². The fraction of sp³-hybridized carbons (Fsp3) is 0.500. The Bertz CT molecular complexity index is 424. The maximum atomic E-state index is 13.4. The maximum absolute atomic E-state index is 13.4. The van der Waals surface area contributed by atoms with Crippen LogP contribution >= 0.6 is 0 Å². The summed E-state index contributed by atoms with van der Waals surface area (Å²) >= 11 is 0. The van der Waals surface area contributed by atoms with E-state index in [-0.39, 0.29) is 11.1 Å². The lowest BCUT2D eigenvalue weighted by Crippen LogP contribution is -2.19. The van der Waals surface area contributed by atoms with Gasteiger partial charge in [-0.25, -0.2) is 8.78 Å². The summed E-state index contributed by atoms with van der Waals surface area (Å²) in [4.78, 5) is 0. The minimum absolute atomic E-state index is 0.168. The lowest BCUT2D eigenvalue weighted by Gasteiger charge is -2.24. The van der Waals surface area contributed by atoms with Crippen molar-refractivity contribution in [2.24, 2.45) is 0 Å². The highest BCUT2D eigenvalue weighted by Crippen LogP contribution is 2.41. The van der Waals surface area contributed by atoms with Gasteiger partial charge < -0.3 is 14.6 Å². The molecule has 1 N–H and O–H groups in total. The van der Waals surface area contributed by atoms with E-state index in [1.165, 1.54) is 19.1 Å². The number of alkyl halides is 2. The predicted molar refractivity (Wildman–Crippen MR) is 57.6 cm³/mol. The lowest BCUT2D eigenvalue weighted by atomic mass is 9.98. The van der Waals surface area contributed by atoms with Crippen LogP contribution < -0.4 is 9.47 Å². The molecule has 0 aliphatic carbocycles. The highest BCUT2D eigenvalue weighted by molar-refractivity contribution is 5.50. The van der Waals surface area contributed by atoms with Crippen LogP contribution in [0.4, 0.5) is 8.78 Å². The highest BCUT2D eigenvalue weighted by Gasteiger charge is 2.31. The largest absolute Gasteiger partial charge is 0.486 e. The first-order valence-electron chi connectivity index (χ1n) is 5.39. The molecular weight excluding hydrogens is 230 g/mol. The zero-order valence-corrected chi connectivity index (χ0v) is 9.67. The average molecular weight is 244 g/mol. The number of halogens is 2. The smallest absolute Gasteiger partial charge is 0.271 e. The van der Waals surface area contributed by atoms with E-state index in [9.17, 15) is 13.9 Å². The van der Waals surface area contributed by atoms with Crippen LogP contribution in [0.3, 0.4) is 0 Å². The van der Waals surface area contributed by atoms with Crippen molar-refractivity contribution in [3.8, 4) is 11.5 Å². The Hall–Kier alpha value is -1.36. The molecule has 0 aromatic heterocycles. The number of rotatable bonds is 2. The highest BCUT2D eigenvalue weighted by atomic mass is 19.3. The van der Waals surface area contributed by atoms with E-state index in [0.29, 0.717) is 24.7 Å². The second-order valence-electron chi connectivity index (χ2n) is 4.15. The molecule has 0 fully saturated rings. The fourth-order valence-corrected chi connectivity index (χ4v) is 1.83. The number of benzene rings is 1. The molecule has 3 nitrogen and oxygen atoms in total. The van der Waals surface area contributed by atoms with E-state index in [4.69, 9.17) is 9.47 Å². The molecule has 1 heterocycles. The third-order valence-corrected chi connectivity index (χ3v) is 2.64. The van der Waals surface area contributed by atoms with Gasteiger partial charge in [0.15, 0.2) is 11.5 Å². The van der Waals surface area contributed by atoms with Crippen molar-refractivity contribution >= 4 is 0 Å². The van der Waals surface area contributed by atoms with Gasteiger partial charge in [0.25, 0.3) is 5.92 Å². The predicted octanol–water partition coefficient (Wildman–Crippen LogP) is 2.62. The fourth-order valence-electron chi connectivity index (χ4n) is 1.83. The molecule has 0 saturated heterocycles. The Morgan fingerprint density at radius 2 is 1.76 bits per heavy atom. The molecule has 0 bridgehead atoms. The van der Waals surface area contributed by atoms with Crippen molar-refractivity contribution in [2.75, 3.05) is 13.2 Å². The second kappa shape index (κ2) is 4.14. The van der Waals surface area contributed by atoms with Crippen LogP contribution in [0.2, 0.25) is 0 Å². The molecule has 5 heteroatoms. The van der Waals surface area contributed by atoms with E-state index in [2.05, 4.69) is 0 Å². The third kappa shape index (κ3) is 2.34. The van der Waals surface area contributed by atoms with E-state index in [0.717, 1.165) is 6.92 Å². The molecule has 1 aromatic rings. The molecule has 2 rings (SSSR count). The van der Waals surface area contributed by atoms with Gasteiger partial charge in [0.1, 0.15) is 13.2 Å². The van der Waals surface area contributed by atoms with Crippen LogP contribution in [0, 0.1) is 0 Å². The van der Waals surface area contributed by atoms with Gasteiger partial charge in [-0.3, -0.25) is 0 Å². The number of hydrogen-bond acceptors (Lipinski definition) is 3. The summed E-state index contributed by atoms with van der Waals surface area (Å²) in [6, 6.07) is 2.67. The third-order valence-electron chi connectivity index (χ3n) is 2.64. The van der Waals surface area contributed by atoms with Crippen LogP contribution in [0.5, 0.6) is 11.5 Å². The van der Waals surface area contributed by atoms with Gasteiger partial charge in [0.05, 0.1) is 6.10 Å². The number of ether oxygens (including phenoxy) is 2. The summed E-state index contributed by atoms with van der Waals surface area (Å²) < 4.78 is 37.4. The van der Waals surface area contributed by atoms with Gasteiger partial charge in [-0.2, -0.15) is 0 Å². The molecule has 1 unspecified atom stereocenters. The maximum Gasteiger partial charge on any atom is 0.271 e. The molecule has 0 spiro atoms. The molecule has 1 aliphatic rings. The Labute approximate surface area is 98.0 Å². The van der Waals surface area contributed by atoms with Gasteiger partial charge >= 0.3 is 0 Å². The van der Waals surface area contributed by atoms with Crippen LogP contribution in [0.15, 0.2) is 12.1 Å². The summed E-state index contributed by atoms with van der Waals surface area (Å²) in [5.41, 5.74) is -0.0569. The van der Waals surface area contributed by atoms with E-state index >= 15 is 0 Å². The number of hydrogen-bond donors (Lipinski definition) is 1. The van der Waals surface area contributed by atoms with Crippen molar-refractivity contribution < 1.29 is 23.4 Å². The Morgan fingerprint density at radius 3 is 2.24 bits per heavy atom.